The smallest absolute Gasteiger partial charge is 0.0139 e. The Labute approximate surface area is 62.5 Å². The van der Waals surface area contributed by atoms with Gasteiger partial charge in [0.05, 0.1) is 0 Å². The van der Waals surface area contributed by atoms with Crippen LogP contribution >= 0.6 is 0 Å². The standard InChI is InChI=1S/C9H15N/c1-3-7-5-9(7)10-8-4-6(8)2/h3,6-10H,1,4-5H2,2H3. The van der Waals surface area contributed by atoms with Gasteiger partial charge >= 0.3 is 0 Å². The molecule has 0 heterocycles. The van der Waals surface area contributed by atoms with Crippen LogP contribution in [0.25, 0.3) is 0 Å². The lowest BCUT2D eigenvalue weighted by Crippen LogP contribution is -2.21. The van der Waals surface area contributed by atoms with Crippen molar-refractivity contribution in [2.24, 2.45) is 11.8 Å². The lowest BCUT2D eigenvalue weighted by molar-refractivity contribution is 0.632. The summed E-state index contributed by atoms with van der Waals surface area (Å²) in [6, 6.07) is 1.63. The maximum Gasteiger partial charge on any atom is 0.0139 e. The molecule has 0 spiro atoms. The largest absolute Gasteiger partial charge is 0.310 e. The molecule has 0 radical (unpaired) electrons. The maximum atomic E-state index is 3.78. The first kappa shape index (κ1) is 6.41. The van der Waals surface area contributed by atoms with E-state index >= 15 is 0 Å². The van der Waals surface area contributed by atoms with Crippen LogP contribution in [0.4, 0.5) is 0 Å². The van der Waals surface area contributed by atoms with Crippen molar-refractivity contribution in [1.82, 2.24) is 5.32 Å². The zero-order valence-corrected chi connectivity index (χ0v) is 6.51. The summed E-state index contributed by atoms with van der Waals surface area (Å²) in [5, 5.41) is 3.61. The van der Waals surface area contributed by atoms with E-state index in [2.05, 4.69) is 24.9 Å². The zero-order chi connectivity index (χ0) is 7.14. The Kier molecular flexibility index (Phi) is 1.34. The summed E-state index contributed by atoms with van der Waals surface area (Å²) in [6.45, 7) is 6.09. The Bertz CT molecular complexity index is 153. The van der Waals surface area contributed by atoms with Gasteiger partial charge in [-0.05, 0) is 24.7 Å². The van der Waals surface area contributed by atoms with Gasteiger partial charge in [-0.1, -0.05) is 13.0 Å². The summed E-state index contributed by atoms with van der Waals surface area (Å²) in [5.41, 5.74) is 0. The summed E-state index contributed by atoms with van der Waals surface area (Å²) in [7, 11) is 0. The van der Waals surface area contributed by atoms with Gasteiger partial charge in [0.1, 0.15) is 0 Å². The number of hydrogen-bond acceptors (Lipinski definition) is 1. The molecule has 0 amide bonds. The molecule has 56 valence electrons. The minimum absolute atomic E-state index is 0.785. The molecule has 10 heavy (non-hydrogen) atoms. The van der Waals surface area contributed by atoms with Gasteiger partial charge in [0.15, 0.2) is 0 Å². The lowest BCUT2D eigenvalue weighted by Gasteiger charge is -1.97. The van der Waals surface area contributed by atoms with Gasteiger partial charge in [-0.2, -0.15) is 0 Å². The fraction of sp³-hybridized carbons (Fsp3) is 0.778. The zero-order valence-electron chi connectivity index (χ0n) is 6.51. The quantitative estimate of drug-likeness (QED) is 0.582. The Morgan fingerprint density at radius 3 is 2.50 bits per heavy atom. The van der Waals surface area contributed by atoms with Crippen molar-refractivity contribution in [1.29, 1.82) is 0 Å². The maximum absolute atomic E-state index is 3.78. The predicted molar refractivity (Wildman–Crippen MR) is 42.8 cm³/mol. The molecule has 2 aliphatic rings. The third kappa shape index (κ3) is 1.10. The molecule has 0 saturated heterocycles. The fourth-order valence-corrected chi connectivity index (χ4v) is 1.50. The molecule has 1 heteroatoms. The average Bonchev–Trinajstić information content (AvgIpc) is 2.76. The van der Waals surface area contributed by atoms with Crippen molar-refractivity contribution < 1.29 is 0 Å². The van der Waals surface area contributed by atoms with Gasteiger partial charge in [-0.15, -0.1) is 6.58 Å². The monoisotopic (exact) mass is 137 g/mol. The van der Waals surface area contributed by atoms with Crippen LogP contribution in [0, 0.1) is 11.8 Å². The van der Waals surface area contributed by atoms with E-state index in [-0.39, 0.29) is 0 Å². The van der Waals surface area contributed by atoms with Gasteiger partial charge < -0.3 is 5.32 Å². The van der Waals surface area contributed by atoms with E-state index in [1.165, 1.54) is 12.8 Å². The highest BCUT2D eigenvalue weighted by atomic mass is 15.0. The second-order valence-corrected chi connectivity index (χ2v) is 3.73. The van der Waals surface area contributed by atoms with Crippen LogP contribution in [-0.2, 0) is 0 Å². The van der Waals surface area contributed by atoms with Crippen LogP contribution in [0.15, 0.2) is 12.7 Å². The van der Waals surface area contributed by atoms with E-state index in [4.69, 9.17) is 0 Å². The molecule has 1 nitrogen and oxygen atoms in total. The van der Waals surface area contributed by atoms with E-state index in [1.54, 1.807) is 0 Å². The average molecular weight is 137 g/mol. The van der Waals surface area contributed by atoms with Gasteiger partial charge in [0.25, 0.3) is 0 Å². The molecular weight excluding hydrogens is 122 g/mol. The molecule has 2 saturated carbocycles. The summed E-state index contributed by atoms with van der Waals surface area (Å²) >= 11 is 0. The number of nitrogens with one attached hydrogen (secondary N) is 1. The molecule has 0 aliphatic heterocycles. The molecule has 2 aliphatic carbocycles. The third-order valence-electron chi connectivity index (χ3n) is 2.68. The Balaban J connectivity index is 1.69. The first-order valence-electron chi connectivity index (χ1n) is 4.20. The summed E-state index contributed by atoms with van der Waals surface area (Å²) in [5.74, 6) is 1.72. The van der Waals surface area contributed by atoms with Gasteiger partial charge in [0, 0.05) is 12.1 Å². The minimum Gasteiger partial charge on any atom is -0.310 e. The van der Waals surface area contributed by atoms with Gasteiger partial charge in [0.2, 0.25) is 0 Å². The molecule has 0 bridgehead atoms. The Morgan fingerprint density at radius 2 is 2.10 bits per heavy atom. The van der Waals surface area contributed by atoms with E-state index in [9.17, 15) is 0 Å². The lowest BCUT2D eigenvalue weighted by atomic mass is 10.4. The summed E-state index contributed by atoms with van der Waals surface area (Å²) in [4.78, 5) is 0. The molecule has 2 rings (SSSR count). The van der Waals surface area contributed by atoms with Gasteiger partial charge in [-0.3, -0.25) is 0 Å². The van der Waals surface area contributed by atoms with Crippen molar-refractivity contribution in [3.63, 3.8) is 0 Å². The Hall–Kier alpha value is -0.300. The van der Waals surface area contributed by atoms with E-state index in [0.29, 0.717) is 0 Å². The van der Waals surface area contributed by atoms with Crippen molar-refractivity contribution in [3.8, 4) is 0 Å². The van der Waals surface area contributed by atoms with Crippen molar-refractivity contribution >= 4 is 0 Å². The second-order valence-electron chi connectivity index (χ2n) is 3.73. The van der Waals surface area contributed by atoms with Crippen molar-refractivity contribution in [2.45, 2.75) is 31.8 Å². The van der Waals surface area contributed by atoms with E-state index < -0.39 is 0 Å². The number of rotatable bonds is 3. The molecule has 0 aromatic heterocycles. The summed E-state index contributed by atoms with van der Waals surface area (Å²) in [6.07, 6.45) is 4.79. The second kappa shape index (κ2) is 2.09. The van der Waals surface area contributed by atoms with E-state index in [1.807, 2.05) is 0 Å². The van der Waals surface area contributed by atoms with Gasteiger partial charge in [-0.25, -0.2) is 0 Å². The molecule has 0 aromatic carbocycles. The molecule has 1 N–H and O–H groups in total. The molecule has 4 atom stereocenters. The first-order chi connectivity index (χ1) is 4.81. The van der Waals surface area contributed by atoms with Crippen molar-refractivity contribution in [3.05, 3.63) is 12.7 Å². The molecule has 2 fully saturated rings. The fourth-order valence-electron chi connectivity index (χ4n) is 1.50. The highest BCUT2D eigenvalue weighted by molar-refractivity contribution is 5.06. The van der Waals surface area contributed by atoms with Crippen LogP contribution in [0.1, 0.15) is 19.8 Å². The highest BCUT2D eigenvalue weighted by Crippen LogP contribution is 2.37. The summed E-state index contributed by atoms with van der Waals surface area (Å²) < 4.78 is 0. The van der Waals surface area contributed by atoms with Crippen molar-refractivity contribution in [2.75, 3.05) is 0 Å². The molecule has 4 unspecified atom stereocenters. The topological polar surface area (TPSA) is 12.0 Å². The molecular formula is C9H15N. The highest BCUT2D eigenvalue weighted by Gasteiger charge is 2.41. The predicted octanol–water partition coefficient (Wildman–Crippen LogP) is 1.56. The van der Waals surface area contributed by atoms with Crippen LogP contribution in [0.5, 0.6) is 0 Å². The minimum atomic E-state index is 0.785. The normalized spacial score (nSPS) is 50.5. The first-order valence-corrected chi connectivity index (χ1v) is 4.20. The molecule has 0 aromatic rings. The SMILES string of the molecule is C=CC1CC1NC1CC1C. The van der Waals surface area contributed by atoms with Crippen LogP contribution in [0.3, 0.4) is 0 Å². The van der Waals surface area contributed by atoms with Crippen LogP contribution in [0.2, 0.25) is 0 Å². The Morgan fingerprint density at radius 1 is 1.40 bits per heavy atom. The number of hydrogen-bond donors (Lipinski definition) is 1. The van der Waals surface area contributed by atoms with Crippen LogP contribution in [-0.4, -0.2) is 12.1 Å². The third-order valence-corrected chi connectivity index (χ3v) is 2.68. The van der Waals surface area contributed by atoms with E-state index in [0.717, 1.165) is 23.9 Å². The van der Waals surface area contributed by atoms with Crippen LogP contribution < -0.4 is 5.32 Å².